The van der Waals surface area contributed by atoms with Crippen LogP contribution in [0.15, 0.2) is 36.9 Å². The smallest absolute Gasteiger partial charge is 0.288 e. The largest absolute Gasteiger partial charge is 0.317 e. The quantitative estimate of drug-likeness (QED) is 0.589. The number of benzene rings is 1. The summed E-state index contributed by atoms with van der Waals surface area (Å²) in [4.78, 5) is 15.3. The fourth-order valence-corrected chi connectivity index (χ4v) is 1.68. The summed E-state index contributed by atoms with van der Waals surface area (Å²) in [5, 5.41) is -0.548. The number of imidazole rings is 1. The van der Waals surface area contributed by atoms with E-state index in [-0.39, 0.29) is 5.82 Å². The first-order valence-corrected chi connectivity index (χ1v) is 4.88. The monoisotopic (exact) mass is 220 g/mol. The second kappa shape index (κ2) is 3.87. The molecule has 0 amide bonds. The van der Waals surface area contributed by atoms with Gasteiger partial charge in [0.05, 0.1) is 11.0 Å². The van der Waals surface area contributed by atoms with E-state index < -0.39 is 5.24 Å². The molecule has 1 aromatic carbocycles. The van der Waals surface area contributed by atoms with Crippen molar-refractivity contribution in [3.05, 3.63) is 42.7 Å². The van der Waals surface area contributed by atoms with E-state index in [4.69, 9.17) is 11.6 Å². The maximum Gasteiger partial charge on any atom is 0.288 e. The number of halogens is 1. The summed E-state index contributed by atoms with van der Waals surface area (Å²) >= 11 is 5.46. The number of para-hydroxylation sites is 2. The van der Waals surface area contributed by atoms with Crippen LogP contribution in [-0.2, 0) is 6.54 Å². The van der Waals surface area contributed by atoms with Gasteiger partial charge in [-0.15, -0.1) is 6.58 Å². The molecule has 0 saturated heterocycles. The molecule has 1 heterocycles. The van der Waals surface area contributed by atoms with Gasteiger partial charge in [-0.3, -0.25) is 4.79 Å². The standard InChI is InChI=1S/C11H9ClN2O/c1-2-7-14-9-6-4-3-5-8(9)13-11(14)10(12)15/h2-6H,1,7H2. The number of nitrogens with zero attached hydrogens (tertiary/aromatic N) is 2. The highest BCUT2D eigenvalue weighted by atomic mass is 35.5. The molecule has 0 saturated carbocycles. The van der Waals surface area contributed by atoms with Gasteiger partial charge in [0.15, 0.2) is 5.82 Å². The molecule has 0 bridgehead atoms. The van der Waals surface area contributed by atoms with Crippen LogP contribution in [0.4, 0.5) is 0 Å². The van der Waals surface area contributed by atoms with Crippen molar-refractivity contribution in [3.63, 3.8) is 0 Å². The third kappa shape index (κ3) is 1.66. The number of carbonyl (C=O) groups excluding carboxylic acids is 1. The second-order valence-corrected chi connectivity index (χ2v) is 3.44. The van der Waals surface area contributed by atoms with Crippen LogP contribution in [0.25, 0.3) is 11.0 Å². The fraction of sp³-hybridized carbons (Fsp3) is 0.0909. The Hall–Kier alpha value is -1.61. The van der Waals surface area contributed by atoms with Gasteiger partial charge in [0.1, 0.15) is 0 Å². The summed E-state index contributed by atoms with van der Waals surface area (Å²) in [6.45, 7) is 4.16. The van der Waals surface area contributed by atoms with E-state index in [0.29, 0.717) is 6.54 Å². The minimum absolute atomic E-state index is 0.262. The maximum absolute atomic E-state index is 11.2. The van der Waals surface area contributed by atoms with Gasteiger partial charge in [0.25, 0.3) is 5.24 Å². The summed E-state index contributed by atoms with van der Waals surface area (Å²) in [6.07, 6.45) is 1.71. The summed E-state index contributed by atoms with van der Waals surface area (Å²) in [7, 11) is 0. The zero-order valence-electron chi connectivity index (χ0n) is 7.98. The Labute approximate surface area is 92.0 Å². The Morgan fingerprint density at radius 3 is 2.93 bits per heavy atom. The molecule has 0 aliphatic rings. The predicted octanol–water partition coefficient (Wildman–Crippen LogP) is 2.60. The van der Waals surface area contributed by atoms with Gasteiger partial charge in [0, 0.05) is 6.54 Å². The molecule has 2 aromatic rings. The second-order valence-electron chi connectivity index (χ2n) is 3.10. The molecule has 3 nitrogen and oxygen atoms in total. The van der Waals surface area contributed by atoms with Gasteiger partial charge in [-0.05, 0) is 23.7 Å². The van der Waals surface area contributed by atoms with Crippen molar-refractivity contribution in [1.29, 1.82) is 0 Å². The highest BCUT2D eigenvalue weighted by molar-refractivity contribution is 6.67. The lowest BCUT2D eigenvalue weighted by atomic mass is 10.3. The number of hydrogen-bond donors (Lipinski definition) is 0. The highest BCUT2D eigenvalue weighted by Gasteiger charge is 2.13. The molecule has 1 aromatic heterocycles. The average Bonchev–Trinajstić information content (AvgIpc) is 2.58. The Bertz CT molecular complexity index is 530. The van der Waals surface area contributed by atoms with E-state index in [1.54, 1.807) is 10.6 Å². The van der Waals surface area contributed by atoms with Crippen LogP contribution in [0.5, 0.6) is 0 Å². The Morgan fingerprint density at radius 1 is 1.53 bits per heavy atom. The van der Waals surface area contributed by atoms with Crippen LogP contribution in [0.3, 0.4) is 0 Å². The average molecular weight is 221 g/mol. The zero-order valence-corrected chi connectivity index (χ0v) is 8.74. The van der Waals surface area contributed by atoms with Crippen LogP contribution in [-0.4, -0.2) is 14.8 Å². The van der Waals surface area contributed by atoms with Crippen molar-refractivity contribution < 1.29 is 4.79 Å². The van der Waals surface area contributed by atoms with E-state index >= 15 is 0 Å². The normalized spacial score (nSPS) is 10.5. The Kier molecular flexibility index (Phi) is 2.56. The maximum atomic E-state index is 11.2. The highest BCUT2D eigenvalue weighted by Crippen LogP contribution is 2.17. The fourth-order valence-electron chi connectivity index (χ4n) is 1.54. The number of aromatic nitrogens is 2. The molecule has 4 heteroatoms. The minimum Gasteiger partial charge on any atom is -0.317 e. The van der Waals surface area contributed by atoms with E-state index in [2.05, 4.69) is 11.6 Å². The lowest BCUT2D eigenvalue weighted by molar-refractivity contribution is 0.106. The number of fused-ring (bicyclic) bond motifs is 1. The van der Waals surface area contributed by atoms with Gasteiger partial charge in [0.2, 0.25) is 0 Å². The van der Waals surface area contributed by atoms with Gasteiger partial charge >= 0.3 is 0 Å². The van der Waals surface area contributed by atoms with Gasteiger partial charge < -0.3 is 4.57 Å². The molecular weight excluding hydrogens is 212 g/mol. The molecule has 0 unspecified atom stereocenters. The van der Waals surface area contributed by atoms with Crippen LogP contribution >= 0.6 is 11.6 Å². The number of carbonyl (C=O) groups is 1. The summed E-state index contributed by atoms with van der Waals surface area (Å²) in [5.74, 6) is 0.262. The van der Waals surface area contributed by atoms with Crippen molar-refractivity contribution >= 4 is 27.9 Å². The molecule has 2 rings (SSSR count). The van der Waals surface area contributed by atoms with Crippen molar-refractivity contribution in [2.75, 3.05) is 0 Å². The molecule has 0 fully saturated rings. The first-order chi connectivity index (χ1) is 7.24. The van der Waals surface area contributed by atoms with E-state index in [1.807, 2.05) is 24.3 Å². The van der Waals surface area contributed by atoms with Crippen molar-refractivity contribution in [2.45, 2.75) is 6.54 Å². The first kappa shape index (κ1) is 9.93. The number of hydrogen-bond acceptors (Lipinski definition) is 2. The van der Waals surface area contributed by atoms with E-state index in [9.17, 15) is 4.79 Å². The third-order valence-electron chi connectivity index (χ3n) is 2.14. The minimum atomic E-state index is -0.548. The van der Waals surface area contributed by atoms with Crippen molar-refractivity contribution in [2.24, 2.45) is 0 Å². The molecular formula is C11H9ClN2O. The van der Waals surface area contributed by atoms with Crippen molar-refractivity contribution in [3.8, 4) is 0 Å². The van der Waals surface area contributed by atoms with Crippen LogP contribution < -0.4 is 0 Å². The lowest BCUT2D eigenvalue weighted by Gasteiger charge is -2.01. The number of allylic oxidation sites excluding steroid dienone is 1. The third-order valence-corrected chi connectivity index (χ3v) is 2.31. The van der Waals surface area contributed by atoms with Gasteiger partial charge in [-0.1, -0.05) is 18.2 Å². The lowest BCUT2D eigenvalue weighted by Crippen LogP contribution is -2.04. The Morgan fingerprint density at radius 2 is 2.27 bits per heavy atom. The van der Waals surface area contributed by atoms with Gasteiger partial charge in [-0.2, -0.15) is 0 Å². The van der Waals surface area contributed by atoms with Gasteiger partial charge in [-0.25, -0.2) is 4.98 Å². The van der Waals surface area contributed by atoms with E-state index in [0.717, 1.165) is 11.0 Å². The van der Waals surface area contributed by atoms with Crippen LogP contribution in [0.2, 0.25) is 0 Å². The first-order valence-electron chi connectivity index (χ1n) is 4.50. The molecule has 0 N–H and O–H groups in total. The molecule has 0 radical (unpaired) electrons. The molecule has 0 aliphatic heterocycles. The molecule has 0 atom stereocenters. The molecule has 76 valence electrons. The zero-order chi connectivity index (χ0) is 10.8. The summed E-state index contributed by atoms with van der Waals surface area (Å²) in [5.41, 5.74) is 1.66. The van der Waals surface area contributed by atoms with Crippen LogP contribution in [0.1, 0.15) is 10.6 Å². The number of rotatable bonds is 3. The molecule has 0 spiro atoms. The summed E-state index contributed by atoms with van der Waals surface area (Å²) in [6, 6.07) is 7.51. The van der Waals surface area contributed by atoms with Crippen LogP contribution in [0, 0.1) is 0 Å². The Balaban J connectivity index is 2.73. The molecule has 0 aliphatic carbocycles. The van der Waals surface area contributed by atoms with Crippen molar-refractivity contribution in [1.82, 2.24) is 9.55 Å². The molecule has 15 heavy (non-hydrogen) atoms. The topological polar surface area (TPSA) is 34.9 Å². The predicted molar refractivity (Wildman–Crippen MR) is 60.1 cm³/mol. The summed E-state index contributed by atoms with van der Waals surface area (Å²) < 4.78 is 1.75. The SMILES string of the molecule is C=CCn1c(C(=O)Cl)nc2ccccc21. The van der Waals surface area contributed by atoms with E-state index in [1.165, 1.54) is 0 Å².